The fraction of sp³-hybridized carbons (Fsp3) is 0.588. The van der Waals surface area contributed by atoms with Crippen molar-refractivity contribution in [2.75, 3.05) is 6.61 Å². The van der Waals surface area contributed by atoms with Crippen LogP contribution in [0.5, 0.6) is 5.75 Å². The highest BCUT2D eigenvalue weighted by Gasteiger charge is 2.34. The van der Waals surface area contributed by atoms with Crippen LogP contribution in [0.4, 0.5) is 0 Å². The molecule has 3 nitrogen and oxygen atoms in total. The second kappa shape index (κ2) is 9.75. The maximum Gasteiger partial charge on any atom is 0.361 e. The van der Waals surface area contributed by atoms with E-state index >= 15 is 0 Å². The van der Waals surface area contributed by atoms with Gasteiger partial charge in [-0.05, 0) is 53.4 Å². The number of rotatable bonds is 9. The van der Waals surface area contributed by atoms with Gasteiger partial charge in [0.1, 0.15) is 5.75 Å². The summed E-state index contributed by atoms with van der Waals surface area (Å²) < 4.78 is 9.59. The minimum absolute atomic E-state index is 0.338. The van der Waals surface area contributed by atoms with E-state index < -0.39 is 10.5 Å². The lowest BCUT2D eigenvalue weighted by Gasteiger charge is -2.23. The molecule has 1 rings (SSSR count). The quantitative estimate of drug-likeness (QED) is 0.266. The predicted octanol–water partition coefficient (Wildman–Crippen LogP) is 6.24. The molecule has 0 bridgehead atoms. The van der Waals surface area contributed by atoms with Gasteiger partial charge in [0.05, 0.1) is 11.6 Å². The standard InChI is InChI=1S/C17H23BrCl2O3/c1-12(2)7-5-4-6-10-22-16(21)17(3,18)23-15-9-8-13(19)11-14(15)20/h8-9,11-12H,4-7,10H2,1-3H3. The van der Waals surface area contributed by atoms with Gasteiger partial charge in [0.2, 0.25) is 0 Å². The Labute approximate surface area is 156 Å². The Morgan fingerprint density at radius 3 is 2.57 bits per heavy atom. The van der Waals surface area contributed by atoms with E-state index in [2.05, 4.69) is 29.8 Å². The van der Waals surface area contributed by atoms with Gasteiger partial charge in [-0.1, -0.05) is 56.3 Å². The first-order chi connectivity index (χ1) is 10.7. The Balaban J connectivity index is 2.41. The summed E-state index contributed by atoms with van der Waals surface area (Å²) in [4.78, 5) is 12.1. The average Bonchev–Trinajstić information content (AvgIpc) is 2.45. The topological polar surface area (TPSA) is 35.5 Å². The molecule has 0 aliphatic heterocycles. The number of halogens is 3. The van der Waals surface area contributed by atoms with Crippen molar-refractivity contribution in [2.24, 2.45) is 5.92 Å². The zero-order chi connectivity index (χ0) is 17.5. The number of unbranched alkanes of at least 4 members (excludes halogenated alkanes) is 2. The molecular weight excluding hydrogens is 403 g/mol. The Kier molecular flexibility index (Phi) is 8.73. The summed E-state index contributed by atoms with van der Waals surface area (Å²) in [7, 11) is 0. The zero-order valence-electron chi connectivity index (χ0n) is 13.7. The maximum absolute atomic E-state index is 12.1. The second-order valence-electron chi connectivity index (χ2n) is 5.97. The largest absolute Gasteiger partial charge is 0.463 e. The van der Waals surface area contributed by atoms with Crippen LogP contribution in [0.15, 0.2) is 18.2 Å². The Bertz CT molecular complexity index is 519. The van der Waals surface area contributed by atoms with E-state index in [1.165, 1.54) is 6.42 Å². The fourth-order valence-corrected chi connectivity index (χ4v) is 2.67. The SMILES string of the molecule is CC(C)CCCCCOC(=O)C(C)(Br)Oc1ccc(Cl)cc1Cl. The molecule has 1 aromatic rings. The molecule has 23 heavy (non-hydrogen) atoms. The van der Waals surface area contributed by atoms with E-state index in [0.29, 0.717) is 28.3 Å². The van der Waals surface area contributed by atoms with E-state index in [4.69, 9.17) is 32.7 Å². The summed E-state index contributed by atoms with van der Waals surface area (Å²) in [6, 6.07) is 4.82. The highest BCUT2D eigenvalue weighted by molar-refractivity contribution is 9.10. The van der Waals surface area contributed by atoms with Crippen LogP contribution in [0.1, 0.15) is 46.5 Å². The molecule has 0 aliphatic rings. The molecule has 0 saturated carbocycles. The lowest BCUT2D eigenvalue weighted by molar-refractivity contribution is -0.153. The van der Waals surface area contributed by atoms with Crippen molar-refractivity contribution in [1.29, 1.82) is 0 Å². The van der Waals surface area contributed by atoms with Crippen molar-refractivity contribution in [3.8, 4) is 5.75 Å². The summed E-state index contributed by atoms with van der Waals surface area (Å²) in [5.41, 5.74) is 0. The average molecular weight is 426 g/mol. The van der Waals surface area contributed by atoms with E-state index in [1.54, 1.807) is 25.1 Å². The van der Waals surface area contributed by atoms with Crippen molar-refractivity contribution in [3.63, 3.8) is 0 Å². The number of benzene rings is 1. The first-order valence-corrected chi connectivity index (χ1v) is 9.27. The van der Waals surface area contributed by atoms with Crippen LogP contribution >= 0.6 is 39.1 Å². The molecule has 0 N–H and O–H groups in total. The molecule has 0 radical (unpaired) electrons. The summed E-state index contributed by atoms with van der Waals surface area (Å²) in [6.45, 7) is 6.37. The molecule has 1 atom stereocenters. The molecule has 0 aromatic heterocycles. The third-order valence-electron chi connectivity index (χ3n) is 3.22. The van der Waals surface area contributed by atoms with Gasteiger partial charge in [0, 0.05) is 5.02 Å². The number of carbonyl (C=O) groups is 1. The lowest BCUT2D eigenvalue weighted by Crippen LogP contribution is -2.36. The third kappa shape index (κ3) is 7.77. The molecule has 0 aliphatic carbocycles. The molecule has 0 heterocycles. The Morgan fingerprint density at radius 2 is 1.96 bits per heavy atom. The Hall–Kier alpha value is -0.450. The van der Waals surface area contributed by atoms with Crippen LogP contribution in [0, 0.1) is 5.92 Å². The molecule has 1 unspecified atom stereocenters. The minimum Gasteiger partial charge on any atom is -0.463 e. The highest BCUT2D eigenvalue weighted by Crippen LogP contribution is 2.33. The monoisotopic (exact) mass is 424 g/mol. The van der Waals surface area contributed by atoms with Crippen molar-refractivity contribution in [2.45, 2.75) is 51.0 Å². The van der Waals surface area contributed by atoms with Crippen LogP contribution < -0.4 is 4.74 Å². The smallest absolute Gasteiger partial charge is 0.361 e. The van der Waals surface area contributed by atoms with E-state index in [0.717, 1.165) is 19.3 Å². The van der Waals surface area contributed by atoms with Crippen LogP contribution in [0.2, 0.25) is 10.0 Å². The number of ether oxygens (including phenoxy) is 2. The minimum atomic E-state index is -1.29. The first-order valence-electron chi connectivity index (χ1n) is 7.72. The number of alkyl halides is 1. The Morgan fingerprint density at radius 1 is 1.26 bits per heavy atom. The first kappa shape index (κ1) is 20.6. The molecule has 0 fully saturated rings. The highest BCUT2D eigenvalue weighted by atomic mass is 79.9. The third-order valence-corrected chi connectivity index (χ3v) is 4.24. The number of esters is 1. The predicted molar refractivity (Wildman–Crippen MR) is 98.7 cm³/mol. The van der Waals surface area contributed by atoms with Crippen molar-refractivity contribution >= 4 is 45.1 Å². The summed E-state index contributed by atoms with van der Waals surface area (Å²) in [5.74, 6) is 0.595. The van der Waals surface area contributed by atoms with E-state index in [9.17, 15) is 4.79 Å². The normalized spacial score (nSPS) is 13.7. The molecule has 130 valence electrons. The van der Waals surface area contributed by atoms with Crippen LogP contribution in [0.3, 0.4) is 0 Å². The molecule has 0 spiro atoms. The van der Waals surface area contributed by atoms with Gasteiger partial charge in [-0.2, -0.15) is 0 Å². The summed E-state index contributed by atoms with van der Waals surface area (Å²) in [6.07, 6.45) is 4.25. The summed E-state index contributed by atoms with van der Waals surface area (Å²) in [5, 5.41) is 0.840. The zero-order valence-corrected chi connectivity index (χ0v) is 16.8. The van der Waals surface area contributed by atoms with Crippen LogP contribution in [-0.4, -0.2) is 17.1 Å². The fourth-order valence-electron chi connectivity index (χ4n) is 1.93. The molecule has 6 heteroatoms. The number of carbonyl (C=O) groups excluding carboxylic acids is 1. The molecular formula is C17H23BrCl2O3. The number of hydrogen-bond donors (Lipinski definition) is 0. The maximum atomic E-state index is 12.1. The number of hydrogen-bond acceptors (Lipinski definition) is 3. The molecule has 1 aromatic carbocycles. The van der Waals surface area contributed by atoms with Crippen LogP contribution in [0.25, 0.3) is 0 Å². The van der Waals surface area contributed by atoms with Crippen LogP contribution in [-0.2, 0) is 9.53 Å². The van der Waals surface area contributed by atoms with E-state index in [-0.39, 0.29) is 0 Å². The molecule has 0 saturated heterocycles. The van der Waals surface area contributed by atoms with Gasteiger partial charge in [-0.3, -0.25) is 0 Å². The van der Waals surface area contributed by atoms with Gasteiger partial charge < -0.3 is 9.47 Å². The van der Waals surface area contributed by atoms with Gasteiger partial charge in [-0.25, -0.2) is 4.79 Å². The second-order valence-corrected chi connectivity index (χ2v) is 8.33. The van der Waals surface area contributed by atoms with Gasteiger partial charge >= 0.3 is 5.97 Å². The van der Waals surface area contributed by atoms with Crippen molar-refractivity contribution in [1.82, 2.24) is 0 Å². The van der Waals surface area contributed by atoms with Gasteiger partial charge in [-0.15, -0.1) is 0 Å². The van der Waals surface area contributed by atoms with Gasteiger partial charge in [0.15, 0.2) is 0 Å². The van der Waals surface area contributed by atoms with E-state index in [1.807, 2.05) is 0 Å². The van der Waals surface area contributed by atoms with Crippen molar-refractivity contribution < 1.29 is 14.3 Å². The lowest BCUT2D eigenvalue weighted by atomic mass is 10.1. The molecule has 0 amide bonds. The van der Waals surface area contributed by atoms with Crippen molar-refractivity contribution in [3.05, 3.63) is 28.2 Å². The van der Waals surface area contributed by atoms with Gasteiger partial charge in [0.25, 0.3) is 4.51 Å². The summed E-state index contributed by atoms with van der Waals surface area (Å²) >= 11 is 15.1.